The quantitative estimate of drug-likeness (QED) is 0.913. The largest absolute Gasteiger partial charge is 0.384 e. The maximum absolute atomic E-state index is 13.3. The van der Waals surface area contributed by atoms with Gasteiger partial charge in [-0.2, -0.15) is 0 Å². The molecule has 3 fully saturated rings. The van der Waals surface area contributed by atoms with Gasteiger partial charge in [-0.05, 0) is 67.6 Å². The van der Waals surface area contributed by atoms with Crippen LogP contribution in [-0.2, 0) is 12.0 Å². The Kier molecular flexibility index (Phi) is 4.38. The monoisotopic (exact) mass is 339 g/mol. The third kappa shape index (κ3) is 3.11. The van der Waals surface area contributed by atoms with Crippen LogP contribution in [0.2, 0.25) is 0 Å². The Morgan fingerprint density at radius 2 is 1.76 bits per heavy atom. The second-order valence-electron chi connectivity index (χ2n) is 7.79. The Labute approximate surface area is 149 Å². The fourth-order valence-electron chi connectivity index (χ4n) is 4.90. The van der Waals surface area contributed by atoms with E-state index in [2.05, 4.69) is 24.0 Å². The van der Waals surface area contributed by atoms with Crippen molar-refractivity contribution in [2.24, 2.45) is 11.8 Å². The van der Waals surface area contributed by atoms with Crippen LogP contribution in [0, 0.1) is 24.6 Å². The summed E-state index contributed by atoms with van der Waals surface area (Å²) in [7, 11) is 0. The van der Waals surface area contributed by atoms with Crippen LogP contribution in [0.4, 0.5) is 4.39 Å². The molecular formula is C22H26FNO. The molecule has 25 heavy (non-hydrogen) atoms. The van der Waals surface area contributed by atoms with Crippen LogP contribution in [0.25, 0.3) is 0 Å². The van der Waals surface area contributed by atoms with Gasteiger partial charge in [-0.15, -0.1) is 0 Å². The van der Waals surface area contributed by atoms with Gasteiger partial charge in [0.25, 0.3) is 0 Å². The Bertz CT molecular complexity index is 736. The summed E-state index contributed by atoms with van der Waals surface area (Å²) in [6.45, 7) is 5.34. The highest BCUT2D eigenvalue weighted by Crippen LogP contribution is 2.45. The molecule has 132 valence electrons. The Morgan fingerprint density at radius 1 is 1.08 bits per heavy atom. The number of benzene rings is 2. The second kappa shape index (κ2) is 6.54. The normalized spacial score (nSPS) is 27.9. The van der Waals surface area contributed by atoms with Crippen molar-refractivity contribution in [3.63, 3.8) is 0 Å². The average molecular weight is 339 g/mol. The van der Waals surface area contributed by atoms with E-state index in [1.54, 1.807) is 12.1 Å². The van der Waals surface area contributed by atoms with Gasteiger partial charge in [0.2, 0.25) is 0 Å². The number of halogens is 1. The number of nitrogens with zero attached hydrogens (tertiary/aromatic N) is 1. The molecule has 2 aromatic rings. The van der Waals surface area contributed by atoms with E-state index in [1.165, 1.54) is 25.0 Å². The highest BCUT2D eigenvalue weighted by Gasteiger charge is 2.47. The maximum Gasteiger partial charge on any atom is 0.123 e. The summed E-state index contributed by atoms with van der Waals surface area (Å²) in [6, 6.07) is 14.8. The molecule has 2 bridgehead atoms. The van der Waals surface area contributed by atoms with Crippen molar-refractivity contribution in [2.45, 2.75) is 31.8 Å². The summed E-state index contributed by atoms with van der Waals surface area (Å²) < 4.78 is 13.3. The first kappa shape index (κ1) is 16.7. The van der Waals surface area contributed by atoms with Gasteiger partial charge in [0.05, 0.1) is 5.60 Å². The number of fused-ring (bicyclic) bond motifs is 3. The maximum atomic E-state index is 13.3. The third-order valence-corrected chi connectivity index (χ3v) is 6.27. The van der Waals surface area contributed by atoms with Crippen LogP contribution in [0.1, 0.15) is 29.5 Å². The SMILES string of the molecule is Cc1ccccc1C(O)(Cc1ccc(F)cc1)C1CN2CCC1CC2. The van der Waals surface area contributed by atoms with Crippen LogP contribution in [0.5, 0.6) is 0 Å². The third-order valence-electron chi connectivity index (χ3n) is 6.27. The van der Waals surface area contributed by atoms with E-state index in [1.807, 2.05) is 12.1 Å². The molecule has 5 rings (SSSR count). The number of rotatable bonds is 4. The Balaban J connectivity index is 1.75. The lowest BCUT2D eigenvalue weighted by Gasteiger charge is -2.51. The summed E-state index contributed by atoms with van der Waals surface area (Å²) in [4.78, 5) is 2.48. The number of hydrogen-bond acceptors (Lipinski definition) is 2. The minimum Gasteiger partial charge on any atom is -0.384 e. The molecule has 0 spiro atoms. The molecule has 3 heteroatoms. The average Bonchev–Trinajstić information content (AvgIpc) is 2.65. The number of aliphatic hydroxyl groups is 1. The molecule has 0 amide bonds. The predicted octanol–water partition coefficient (Wildman–Crippen LogP) is 3.91. The zero-order valence-electron chi connectivity index (χ0n) is 14.8. The van der Waals surface area contributed by atoms with Crippen LogP contribution >= 0.6 is 0 Å². The van der Waals surface area contributed by atoms with E-state index in [9.17, 15) is 9.50 Å². The first-order valence-electron chi connectivity index (χ1n) is 9.31. The van der Waals surface area contributed by atoms with Gasteiger partial charge in [-0.3, -0.25) is 0 Å². The first-order chi connectivity index (χ1) is 12.1. The van der Waals surface area contributed by atoms with Gasteiger partial charge in [0.15, 0.2) is 0 Å². The molecule has 2 nitrogen and oxygen atoms in total. The standard InChI is InChI=1S/C22H26FNO/c1-16-4-2-3-5-20(16)22(25,14-17-6-8-19(23)9-7-17)21-15-24-12-10-18(21)11-13-24/h2-9,18,21,25H,10-15H2,1H3. The van der Waals surface area contributed by atoms with E-state index < -0.39 is 5.60 Å². The van der Waals surface area contributed by atoms with Crippen molar-refractivity contribution in [3.8, 4) is 0 Å². The van der Waals surface area contributed by atoms with Crippen molar-refractivity contribution >= 4 is 0 Å². The summed E-state index contributed by atoms with van der Waals surface area (Å²) in [5, 5.41) is 12.0. The molecule has 3 aliphatic heterocycles. The predicted molar refractivity (Wildman–Crippen MR) is 97.8 cm³/mol. The van der Waals surface area contributed by atoms with E-state index in [0.29, 0.717) is 12.3 Å². The van der Waals surface area contributed by atoms with Crippen LogP contribution in [0.3, 0.4) is 0 Å². The first-order valence-corrected chi connectivity index (χ1v) is 9.31. The smallest absolute Gasteiger partial charge is 0.123 e. The minimum absolute atomic E-state index is 0.223. The molecule has 3 aliphatic rings. The summed E-state index contributed by atoms with van der Waals surface area (Å²) >= 11 is 0. The number of hydrogen-bond donors (Lipinski definition) is 1. The summed E-state index contributed by atoms with van der Waals surface area (Å²) in [5.41, 5.74) is 2.23. The Hall–Kier alpha value is -1.71. The highest BCUT2D eigenvalue weighted by molar-refractivity contribution is 5.35. The lowest BCUT2D eigenvalue weighted by Crippen LogP contribution is -2.56. The molecule has 0 saturated carbocycles. The molecule has 0 aromatic heterocycles. The zero-order valence-corrected chi connectivity index (χ0v) is 14.8. The lowest BCUT2D eigenvalue weighted by atomic mass is 9.65. The van der Waals surface area contributed by atoms with Gasteiger partial charge in [0, 0.05) is 18.9 Å². The van der Waals surface area contributed by atoms with Gasteiger partial charge >= 0.3 is 0 Å². The molecule has 2 aromatic carbocycles. The molecule has 2 unspecified atom stereocenters. The number of aryl methyl sites for hydroxylation is 1. The van der Waals surface area contributed by atoms with E-state index in [0.717, 1.165) is 36.3 Å². The van der Waals surface area contributed by atoms with Crippen LogP contribution < -0.4 is 0 Å². The molecule has 0 aliphatic carbocycles. The van der Waals surface area contributed by atoms with Crippen molar-refractivity contribution in [3.05, 3.63) is 71.0 Å². The molecule has 0 radical (unpaired) electrons. The summed E-state index contributed by atoms with van der Waals surface area (Å²) in [6.07, 6.45) is 2.87. The molecule has 3 saturated heterocycles. The summed E-state index contributed by atoms with van der Waals surface area (Å²) in [5.74, 6) is 0.558. The van der Waals surface area contributed by atoms with Crippen LogP contribution in [-0.4, -0.2) is 29.6 Å². The zero-order chi connectivity index (χ0) is 17.4. The van der Waals surface area contributed by atoms with Gasteiger partial charge in [0.1, 0.15) is 5.82 Å². The van der Waals surface area contributed by atoms with Crippen molar-refractivity contribution in [2.75, 3.05) is 19.6 Å². The van der Waals surface area contributed by atoms with E-state index in [4.69, 9.17) is 0 Å². The minimum atomic E-state index is -0.910. The fourth-order valence-corrected chi connectivity index (χ4v) is 4.90. The van der Waals surface area contributed by atoms with E-state index in [-0.39, 0.29) is 11.7 Å². The van der Waals surface area contributed by atoms with Gasteiger partial charge in [-0.25, -0.2) is 4.39 Å². The fraction of sp³-hybridized carbons (Fsp3) is 0.455. The van der Waals surface area contributed by atoms with Crippen molar-refractivity contribution in [1.82, 2.24) is 4.90 Å². The van der Waals surface area contributed by atoms with E-state index >= 15 is 0 Å². The lowest BCUT2D eigenvalue weighted by molar-refractivity contribution is -0.102. The van der Waals surface area contributed by atoms with Crippen molar-refractivity contribution < 1.29 is 9.50 Å². The number of piperidine rings is 3. The van der Waals surface area contributed by atoms with Gasteiger partial charge in [-0.1, -0.05) is 36.4 Å². The van der Waals surface area contributed by atoms with Crippen LogP contribution in [0.15, 0.2) is 48.5 Å². The van der Waals surface area contributed by atoms with Gasteiger partial charge < -0.3 is 10.0 Å². The highest BCUT2D eigenvalue weighted by atomic mass is 19.1. The molecule has 2 atom stereocenters. The molecule has 3 heterocycles. The topological polar surface area (TPSA) is 23.5 Å². The Morgan fingerprint density at radius 3 is 2.36 bits per heavy atom. The van der Waals surface area contributed by atoms with Crippen molar-refractivity contribution in [1.29, 1.82) is 0 Å². The molecular weight excluding hydrogens is 313 g/mol. The molecule has 1 N–H and O–H groups in total. The second-order valence-corrected chi connectivity index (χ2v) is 7.79.